The van der Waals surface area contributed by atoms with Crippen LogP contribution in [0.25, 0.3) is 0 Å². The van der Waals surface area contributed by atoms with Gasteiger partial charge in [0, 0.05) is 6.54 Å². The maximum Gasteiger partial charge on any atom is 0.314 e. The monoisotopic (exact) mass is 641 g/mol. The molecule has 1 unspecified atom stereocenters. The van der Waals surface area contributed by atoms with Crippen molar-refractivity contribution in [2.24, 2.45) is 0 Å². The van der Waals surface area contributed by atoms with E-state index in [-0.39, 0.29) is 8.95 Å². The molecule has 1 atom stereocenters. The van der Waals surface area contributed by atoms with Gasteiger partial charge in [0.05, 0.1) is 24.2 Å². The lowest BCUT2D eigenvalue weighted by Crippen LogP contribution is -2.36. The van der Waals surface area contributed by atoms with Crippen molar-refractivity contribution in [2.75, 3.05) is 13.7 Å². The second kappa shape index (κ2) is 9.73. The predicted molar refractivity (Wildman–Crippen MR) is 126 cm³/mol. The summed E-state index contributed by atoms with van der Waals surface area (Å²) in [6.07, 6.45) is 0. The van der Waals surface area contributed by atoms with Crippen molar-refractivity contribution in [2.45, 2.75) is 5.92 Å². The molecule has 0 bridgehead atoms. The highest BCUT2D eigenvalue weighted by Gasteiger charge is 2.38. The van der Waals surface area contributed by atoms with Crippen LogP contribution >= 0.6 is 58.2 Å². The number of ether oxygens (including phenoxy) is 1. The fourth-order valence-corrected chi connectivity index (χ4v) is 5.00. The van der Waals surface area contributed by atoms with Gasteiger partial charge in [0.15, 0.2) is 0 Å². The number of fused-ring (bicyclic) bond motifs is 1. The third kappa shape index (κ3) is 4.80. The highest BCUT2D eigenvalue weighted by molar-refractivity contribution is 14.3. The van der Waals surface area contributed by atoms with Gasteiger partial charge in [0.1, 0.15) is 19.8 Å². The number of rotatable bonds is 7. The van der Waals surface area contributed by atoms with Crippen LogP contribution in [0.1, 0.15) is 32.2 Å². The summed E-state index contributed by atoms with van der Waals surface area (Å²) in [5.41, 5.74) is 1.35. The van der Waals surface area contributed by atoms with Crippen LogP contribution in [0.4, 0.5) is 0 Å². The van der Waals surface area contributed by atoms with Gasteiger partial charge in [-0.2, -0.15) is 0 Å². The third-order valence-electron chi connectivity index (χ3n) is 4.20. The molecule has 1 heterocycles. The molecule has 0 spiro atoms. The van der Waals surface area contributed by atoms with Crippen molar-refractivity contribution in [3.05, 3.63) is 65.2 Å². The highest BCUT2D eigenvalue weighted by Crippen LogP contribution is 2.64. The number of hydrogen-bond donors (Lipinski definition) is 0. The van der Waals surface area contributed by atoms with Gasteiger partial charge in [0.2, 0.25) is 0 Å². The molecule has 0 aliphatic carbocycles. The maximum atomic E-state index is 12.6. The molecule has 0 fully saturated rings. The van der Waals surface area contributed by atoms with Gasteiger partial charge in [-0.25, -0.2) is 0 Å². The van der Waals surface area contributed by atoms with E-state index in [4.69, 9.17) is 8.92 Å². The first-order valence-electron chi connectivity index (χ1n) is 8.01. The van der Waals surface area contributed by atoms with Crippen LogP contribution in [0.3, 0.4) is 0 Å². The minimum Gasteiger partial charge on any atom is -0.468 e. The second-order valence-electron chi connectivity index (χ2n) is 5.77. The van der Waals surface area contributed by atoms with Crippen molar-refractivity contribution in [1.82, 2.24) is 4.90 Å². The Hall–Kier alpha value is -0.910. The topological polar surface area (TPSA) is 72.9 Å². The van der Waals surface area contributed by atoms with Gasteiger partial charge >= 0.3 is 5.97 Å². The van der Waals surface area contributed by atoms with E-state index in [0.29, 0.717) is 22.4 Å². The average Bonchev–Trinajstić information content (AvgIpc) is 2.95. The van der Waals surface area contributed by atoms with Crippen LogP contribution in [-0.2, 0) is 9.53 Å². The van der Waals surface area contributed by atoms with E-state index in [2.05, 4.69) is 44.1 Å². The summed E-state index contributed by atoms with van der Waals surface area (Å²) < 4.78 is 10.2. The fourth-order valence-electron chi connectivity index (χ4n) is 2.87. The number of carbonyl (C=O) groups is 3. The molecule has 0 aromatic heterocycles. The molecule has 0 N–H and O–H groups in total. The van der Waals surface area contributed by atoms with Gasteiger partial charge in [-0.1, -0.05) is 24.3 Å². The summed E-state index contributed by atoms with van der Waals surface area (Å²) in [6, 6.07) is 13.7. The first-order valence-corrected chi connectivity index (χ1v) is 16.3. The standard InChI is InChI=1S/C18H14I2NO5PS/c1-25-18(24)15(11-6-8-12(9-7-11)26-28-27(19)20)10-21-16(22)13-4-2-3-5-14(13)17(21)23/h2-9,15H,10H2,1H3. The summed E-state index contributed by atoms with van der Waals surface area (Å²) in [4.78, 5) is 38.7. The Bertz CT molecular complexity index is 874. The summed E-state index contributed by atoms with van der Waals surface area (Å²) >= 11 is 5.96. The molecule has 1 aliphatic heterocycles. The number of halogens is 2. The summed E-state index contributed by atoms with van der Waals surface area (Å²) in [5.74, 6) is -1.42. The van der Waals surface area contributed by atoms with Crippen LogP contribution in [0.5, 0.6) is 5.75 Å². The van der Waals surface area contributed by atoms with Gasteiger partial charge in [-0.05, 0) is 73.9 Å². The average molecular weight is 641 g/mol. The van der Waals surface area contributed by atoms with Crippen molar-refractivity contribution in [1.29, 1.82) is 0 Å². The van der Waals surface area contributed by atoms with Gasteiger partial charge < -0.3 is 8.92 Å². The second-order valence-corrected chi connectivity index (χ2v) is 23.3. The van der Waals surface area contributed by atoms with Crippen LogP contribution < -0.4 is 4.18 Å². The van der Waals surface area contributed by atoms with Crippen LogP contribution in [-0.4, -0.2) is 36.3 Å². The Morgan fingerprint density at radius 1 is 1.07 bits per heavy atom. The number of imide groups is 1. The Morgan fingerprint density at radius 3 is 2.14 bits per heavy atom. The lowest BCUT2D eigenvalue weighted by Gasteiger charge is -2.21. The first-order chi connectivity index (χ1) is 13.4. The number of carbonyl (C=O) groups excluding carboxylic acids is 3. The quantitative estimate of drug-likeness (QED) is 0.133. The Balaban J connectivity index is 1.81. The van der Waals surface area contributed by atoms with E-state index in [1.54, 1.807) is 48.5 Å². The molecular weight excluding hydrogens is 627 g/mol. The van der Waals surface area contributed by atoms with Gasteiger partial charge in [0.25, 0.3) is 11.8 Å². The van der Waals surface area contributed by atoms with E-state index in [9.17, 15) is 14.4 Å². The smallest absolute Gasteiger partial charge is 0.314 e. The minimum atomic E-state index is -0.778. The lowest BCUT2D eigenvalue weighted by atomic mass is 9.98. The Kier molecular flexibility index (Phi) is 7.57. The SMILES string of the molecule is COC(=O)C(CN1C(=O)c2ccccc2C1=O)c1ccc(OSP(I)I)cc1. The number of benzene rings is 2. The van der Waals surface area contributed by atoms with Crippen molar-refractivity contribution >= 4 is 75.9 Å². The number of esters is 1. The lowest BCUT2D eigenvalue weighted by molar-refractivity contribution is -0.142. The molecular formula is C18H14I2NO5PS. The molecule has 146 valence electrons. The summed E-state index contributed by atoms with van der Waals surface area (Å²) in [6.45, 7) is -0.0826. The normalized spacial score (nSPS) is 14.2. The number of hydrogen-bond acceptors (Lipinski definition) is 6. The van der Waals surface area contributed by atoms with E-state index >= 15 is 0 Å². The molecule has 2 amide bonds. The number of methoxy groups -OCH3 is 1. The Labute approximate surface area is 193 Å². The first kappa shape index (κ1) is 21.8. The van der Waals surface area contributed by atoms with Crippen molar-refractivity contribution in [3.63, 3.8) is 0 Å². The zero-order valence-electron chi connectivity index (χ0n) is 14.5. The highest BCUT2D eigenvalue weighted by atomic mass is 127. The molecule has 0 saturated heterocycles. The van der Waals surface area contributed by atoms with Crippen LogP contribution in [0, 0.1) is 0 Å². The van der Waals surface area contributed by atoms with E-state index < -0.39 is 23.7 Å². The molecule has 0 saturated carbocycles. The molecule has 2 aromatic carbocycles. The molecule has 1 aliphatic rings. The minimum absolute atomic E-state index is 0.0826. The molecule has 3 rings (SSSR count). The summed E-state index contributed by atoms with van der Waals surface area (Å²) in [5, 5.41) is 0. The van der Waals surface area contributed by atoms with Crippen molar-refractivity contribution in [3.8, 4) is 5.75 Å². The fraction of sp³-hybridized carbons (Fsp3) is 0.167. The molecule has 28 heavy (non-hydrogen) atoms. The predicted octanol–water partition coefficient (Wildman–Crippen LogP) is 5.36. The molecule has 0 radical (unpaired) electrons. The Morgan fingerprint density at radius 2 is 1.64 bits per heavy atom. The molecule has 2 aromatic rings. The van der Waals surface area contributed by atoms with Gasteiger partial charge in [-0.3, -0.25) is 19.3 Å². The van der Waals surface area contributed by atoms with Crippen LogP contribution in [0.15, 0.2) is 48.5 Å². The maximum absolute atomic E-state index is 12.6. The van der Waals surface area contributed by atoms with E-state index in [1.165, 1.54) is 18.8 Å². The van der Waals surface area contributed by atoms with E-state index in [0.717, 1.165) is 4.90 Å². The number of amides is 2. The molecule has 10 heteroatoms. The van der Waals surface area contributed by atoms with Crippen LogP contribution in [0.2, 0.25) is 0 Å². The third-order valence-corrected chi connectivity index (χ3v) is 8.04. The van der Waals surface area contributed by atoms with Gasteiger partial charge in [-0.15, -0.1) is 0 Å². The summed E-state index contributed by atoms with van der Waals surface area (Å²) in [7, 11) is 1.29. The zero-order valence-corrected chi connectivity index (χ0v) is 20.5. The van der Waals surface area contributed by atoms with E-state index in [1.807, 2.05) is 0 Å². The van der Waals surface area contributed by atoms with Crippen molar-refractivity contribution < 1.29 is 23.3 Å². The zero-order chi connectivity index (χ0) is 20.3. The largest absolute Gasteiger partial charge is 0.468 e. The molecule has 6 nitrogen and oxygen atoms in total. The number of nitrogens with zero attached hydrogens (tertiary/aromatic N) is 1.